The second-order valence-electron chi connectivity index (χ2n) is 7.64. The summed E-state index contributed by atoms with van der Waals surface area (Å²) in [6, 6.07) is 15.8. The topological polar surface area (TPSA) is 71.4 Å². The van der Waals surface area contributed by atoms with E-state index in [1.165, 1.54) is 12.1 Å². The number of ketones is 1. The first-order chi connectivity index (χ1) is 14.8. The number of hydrogen-bond donors (Lipinski definition) is 1. The van der Waals surface area contributed by atoms with E-state index in [1.54, 1.807) is 25.1 Å². The van der Waals surface area contributed by atoms with Gasteiger partial charge in [-0.05, 0) is 49.7 Å². The van der Waals surface area contributed by atoms with Crippen molar-refractivity contribution in [2.24, 2.45) is 0 Å². The van der Waals surface area contributed by atoms with Gasteiger partial charge in [-0.15, -0.1) is 0 Å². The van der Waals surface area contributed by atoms with Crippen molar-refractivity contribution in [1.82, 2.24) is 14.8 Å². The molecule has 1 atom stereocenters. The first-order valence-corrected chi connectivity index (χ1v) is 9.99. The van der Waals surface area contributed by atoms with Crippen molar-refractivity contribution in [3.63, 3.8) is 0 Å². The van der Waals surface area contributed by atoms with Gasteiger partial charge in [-0.3, -0.25) is 14.5 Å². The second-order valence-corrected chi connectivity index (χ2v) is 7.64. The molecule has 1 fully saturated rings. The maximum Gasteiger partial charge on any atom is 0.325 e. The largest absolute Gasteiger partial charge is 0.325 e. The molecule has 1 aliphatic rings. The number of aryl methyl sites for hydroxylation is 1. The molecular formula is C24H22FN3O3. The number of Topliss-reactive ketones (excluding diaryl/α,β-unsaturated/α-hetero) is 1. The Morgan fingerprint density at radius 3 is 2.39 bits per heavy atom. The van der Waals surface area contributed by atoms with E-state index in [-0.39, 0.29) is 18.1 Å². The van der Waals surface area contributed by atoms with Crippen LogP contribution in [0.15, 0.2) is 60.7 Å². The third-order valence-electron chi connectivity index (χ3n) is 5.51. The Morgan fingerprint density at radius 2 is 1.71 bits per heavy atom. The molecule has 0 saturated carbocycles. The molecule has 4 rings (SSSR count). The van der Waals surface area contributed by atoms with Crippen LogP contribution in [0.1, 0.15) is 27.3 Å². The summed E-state index contributed by atoms with van der Waals surface area (Å²) in [7, 11) is 0. The molecule has 1 saturated heterocycles. The van der Waals surface area contributed by atoms with Crippen LogP contribution in [0.25, 0.3) is 5.69 Å². The van der Waals surface area contributed by atoms with Gasteiger partial charge in [0, 0.05) is 29.1 Å². The van der Waals surface area contributed by atoms with Crippen LogP contribution >= 0.6 is 0 Å². The van der Waals surface area contributed by atoms with Crippen LogP contribution in [0.5, 0.6) is 0 Å². The zero-order valence-electron chi connectivity index (χ0n) is 17.3. The molecule has 158 valence electrons. The van der Waals surface area contributed by atoms with Gasteiger partial charge in [-0.25, -0.2) is 9.18 Å². The molecule has 0 bridgehead atoms. The lowest BCUT2D eigenvalue weighted by Gasteiger charge is -2.13. The zero-order chi connectivity index (χ0) is 22.1. The van der Waals surface area contributed by atoms with Gasteiger partial charge in [0.25, 0.3) is 5.91 Å². The highest BCUT2D eigenvalue weighted by atomic mass is 19.1. The van der Waals surface area contributed by atoms with E-state index < -0.39 is 18.0 Å². The number of hydrogen-bond acceptors (Lipinski definition) is 3. The van der Waals surface area contributed by atoms with Gasteiger partial charge in [-0.1, -0.05) is 30.3 Å². The predicted molar refractivity (Wildman–Crippen MR) is 114 cm³/mol. The number of urea groups is 1. The van der Waals surface area contributed by atoms with Crippen LogP contribution in [0, 0.1) is 19.7 Å². The summed E-state index contributed by atoms with van der Waals surface area (Å²) < 4.78 is 15.1. The Kier molecular flexibility index (Phi) is 5.42. The summed E-state index contributed by atoms with van der Waals surface area (Å²) in [6.07, 6.45) is 0.370. The lowest BCUT2D eigenvalue weighted by molar-refractivity contribution is -0.127. The van der Waals surface area contributed by atoms with Crippen molar-refractivity contribution < 1.29 is 18.8 Å². The van der Waals surface area contributed by atoms with Gasteiger partial charge in [-0.2, -0.15) is 0 Å². The van der Waals surface area contributed by atoms with E-state index in [0.29, 0.717) is 17.7 Å². The Hall–Kier alpha value is -3.74. The highest BCUT2D eigenvalue weighted by Crippen LogP contribution is 2.22. The number of nitrogens with one attached hydrogen (secondary N) is 1. The quantitative estimate of drug-likeness (QED) is 0.490. The molecule has 1 unspecified atom stereocenters. The molecule has 1 aliphatic heterocycles. The number of aromatic nitrogens is 1. The average Bonchev–Trinajstić information content (AvgIpc) is 3.19. The van der Waals surface area contributed by atoms with E-state index in [1.807, 2.05) is 41.8 Å². The Balaban J connectivity index is 1.52. The number of rotatable bonds is 6. The highest BCUT2D eigenvalue weighted by Gasteiger charge is 2.39. The summed E-state index contributed by atoms with van der Waals surface area (Å²) in [4.78, 5) is 39.1. The Labute approximate surface area is 179 Å². The molecule has 1 aromatic heterocycles. The number of nitrogens with zero attached hydrogens (tertiary/aromatic N) is 2. The summed E-state index contributed by atoms with van der Waals surface area (Å²) in [5.41, 5.74) is 3.55. The number of benzene rings is 2. The van der Waals surface area contributed by atoms with Crippen molar-refractivity contribution in [2.45, 2.75) is 26.3 Å². The number of halogens is 1. The minimum atomic E-state index is -0.686. The van der Waals surface area contributed by atoms with E-state index >= 15 is 0 Å². The predicted octanol–water partition coefficient (Wildman–Crippen LogP) is 3.58. The normalized spacial score (nSPS) is 16.0. The second kappa shape index (κ2) is 8.18. The summed E-state index contributed by atoms with van der Waals surface area (Å²) in [5.74, 6) is -1.08. The SMILES string of the molecule is Cc1cc(C(=O)CN2C(=O)NC(Cc3ccccc3)C2=O)c(C)n1-c1ccc(F)cc1. The molecule has 0 radical (unpaired) electrons. The van der Waals surface area contributed by atoms with E-state index in [2.05, 4.69) is 5.32 Å². The average molecular weight is 419 g/mol. The van der Waals surface area contributed by atoms with Gasteiger partial charge < -0.3 is 9.88 Å². The van der Waals surface area contributed by atoms with Crippen LogP contribution in [-0.2, 0) is 11.2 Å². The molecule has 6 nitrogen and oxygen atoms in total. The van der Waals surface area contributed by atoms with Gasteiger partial charge in [0.1, 0.15) is 11.9 Å². The van der Waals surface area contributed by atoms with Crippen molar-refractivity contribution in [3.05, 3.63) is 89.0 Å². The molecule has 31 heavy (non-hydrogen) atoms. The fourth-order valence-corrected chi connectivity index (χ4v) is 3.98. The number of amides is 3. The van der Waals surface area contributed by atoms with E-state index in [9.17, 15) is 18.8 Å². The maximum absolute atomic E-state index is 13.3. The van der Waals surface area contributed by atoms with Crippen LogP contribution in [-0.4, -0.2) is 39.8 Å². The van der Waals surface area contributed by atoms with E-state index in [0.717, 1.165) is 21.8 Å². The van der Waals surface area contributed by atoms with E-state index in [4.69, 9.17) is 0 Å². The van der Waals surface area contributed by atoms with Crippen molar-refractivity contribution in [2.75, 3.05) is 6.54 Å². The maximum atomic E-state index is 13.3. The van der Waals surface area contributed by atoms with Crippen LogP contribution in [0.3, 0.4) is 0 Å². The van der Waals surface area contributed by atoms with Gasteiger partial charge in [0.05, 0.1) is 6.54 Å². The van der Waals surface area contributed by atoms with Crippen molar-refractivity contribution in [3.8, 4) is 5.69 Å². The van der Waals surface area contributed by atoms with Crippen LogP contribution in [0.2, 0.25) is 0 Å². The Bertz CT molecular complexity index is 1150. The first-order valence-electron chi connectivity index (χ1n) is 9.99. The van der Waals surface area contributed by atoms with Crippen molar-refractivity contribution >= 4 is 17.7 Å². The molecule has 3 amide bonds. The molecule has 2 heterocycles. The third kappa shape index (κ3) is 3.99. The molecule has 2 aromatic carbocycles. The lowest BCUT2D eigenvalue weighted by Crippen LogP contribution is -2.36. The number of carbonyl (C=O) groups excluding carboxylic acids is 3. The highest BCUT2D eigenvalue weighted by molar-refractivity contribution is 6.09. The van der Waals surface area contributed by atoms with Gasteiger partial charge in [0.15, 0.2) is 5.78 Å². The summed E-state index contributed by atoms with van der Waals surface area (Å²) in [5, 5.41) is 2.67. The third-order valence-corrected chi connectivity index (χ3v) is 5.51. The number of carbonyl (C=O) groups is 3. The lowest BCUT2D eigenvalue weighted by atomic mass is 10.1. The smallest absolute Gasteiger partial charge is 0.325 e. The fraction of sp³-hybridized carbons (Fsp3) is 0.208. The summed E-state index contributed by atoms with van der Waals surface area (Å²) in [6.45, 7) is 3.30. The monoisotopic (exact) mass is 419 g/mol. The minimum Gasteiger partial charge on any atom is -0.325 e. The molecule has 0 spiro atoms. The molecule has 3 aromatic rings. The number of imide groups is 1. The zero-order valence-corrected chi connectivity index (χ0v) is 17.3. The summed E-state index contributed by atoms with van der Waals surface area (Å²) >= 11 is 0. The molecular weight excluding hydrogens is 397 g/mol. The fourth-order valence-electron chi connectivity index (χ4n) is 3.98. The standard InChI is InChI=1S/C24H22FN3O3/c1-15-12-20(16(2)28(15)19-10-8-18(25)9-11-19)22(29)14-27-23(30)21(26-24(27)31)13-17-6-4-3-5-7-17/h3-12,21H,13-14H2,1-2H3,(H,26,31). The minimum absolute atomic E-state index is 0.328. The van der Waals surface area contributed by atoms with Gasteiger partial charge in [0.2, 0.25) is 0 Å². The molecule has 0 aliphatic carbocycles. The van der Waals surface area contributed by atoms with Crippen molar-refractivity contribution in [1.29, 1.82) is 0 Å². The molecule has 1 N–H and O–H groups in total. The van der Waals surface area contributed by atoms with Crippen LogP contribution in [0.4, 0.5) is 9.18 Å². The van der Waals surface area contributed by atoms with Crippen LogP contribution < -0.4 is 5.32 Å². The molecule has 7 heteroatoms. The van der Waals surface area contributed by atoms with Gasteiger partial charge >= 0.3 is 6.03 Å². The Morgan fingerprint density at radius 1 is 1.03 bits per heavy atom. The first kappa shape index (κ1) is 20.5.